The quantitative estimate of drug-likeness (QED) is 0.183. The topological polar surface area (TPSA) is 0 Å². The van der Waals surface area contributed by atoms with Crippen molar-refractivity contribution in [2.45, 2.75) is 69.2 Å². The molecule has 0 nitrogen and oxygen atoms in total. The molecular formula is C32H40B2F8Ru2+2. The molecule has 0 atom stereocenters. The van der Waals surface area contributed by atoms with Crippen LogP contribution in [-0.2, 0) is 39.0 Å². The van der Waals surface area contributed by atoms with Crippen molar-refractivity contribution < 1.29 is 73.5 Å². The van der Waals surface area contributed by atoms with Crippen molar-refractivity contribution >= 4 is 14.5 Å². The van der Waals surface area contributed by atoms with E-state index >= 15 is 0 Å². The van der Waals surface area contributed by atoms with Gasteiger partial charge in [0.2, 0.25) is 0 Å². The molecule has 2 fully saturated rings. The zero-order valence-electron chi connectivity index (χ0n) is 26.7. The van der Waals surface area contributed by atoms with Crippen molar-refractivity contribution in [3.63, 3.8) is 0 Å². The Balaban J connectivity index is -0.000000492. The fraction of sp³-hybridized carbons (Fsp3) is 0.312. The Morgan fingerprint density at radius 2 is 0.455 bits per heavy atom. The molecule has 2 saturated carbocycles. The number of halogens is 8. The van der Waals surface area contributed by atoms with Crippen LogP contribution in [0.4, 0.5) is 34.5 Å². The Hall–Kier alpha value is -0.743. The van der Waals surface area contributed by atoms with E-state index in [-0.39, 0.29) is 39.0 Å². The van der Waals surface area contributed by atoms with E-state index in [1.165, 1.54) is 70.3 Å². The second-order valence-corrected chi connectivity index (χ2v) is 10.0. The van der Waals surface area contributed by atoms with Crippen LogP contribution in [0.5, 0.6) is 0 Å². The molecule has 0 aromatic heterocycles. The summed E-state index contributed by atoms with van der Waals surface area (Å²) in [7, 11) is -12.0. The molecule has 0 aromatic rings. The van der Waals surface area contributed by atoms with Crippen molar-refractivity contribution in [1.29, 1.82) is 0 Å². The van der Waals surface area contributed by atoms with Crippen molar-refractivity contribution in [3.8, 4) is 0 Å². The third kappa shape index (κ3) is 19.7. The van der Waals surface area contributed by atoms with Gasteiger partial charge in [0.15, 0.2) is 0 Å². The van der Waals surface area contributed by atoms with Crippen LogP contribution >= 0.6 is 0 Å². The minimum absolute atomic E-state index is 0. The molecule has 44 heavy (non-hydrogen) atoms. The summed E-state index contributed by atoms with van der Waals surface area (Å²) >= 11 is 0. The van der Waals surface area contributed by atoms with E-state index in [2.05, 4.69) is 106 Å². The summed E-state index contributed by atoms with van der Waals surface area (Å²) in [5.74, 6) is 14.7. The van der Waals surface area contributed by atoms with Gasteiger partial charge in [0, 0.05) is 0 Å². The van der Waals surface area contributed by atoms with Crippen LogP contribution in [0.3, 0.4) is 0 Å². The Morgan fingerprint density at radius 1 is 0.341 bits per heavy atom. The van der Waals surface area contributed by atoms with Crippen molar-refractivity contribution in [2.75, 3.05) is 0 Å². The normalized spacial score (nSPS) is 20.6. The smallest absolute Gasteiger partial charge is 0.418 e. The number of allylic oxidation sites excluding steroid dienone is 12. The van der Waals surface area contributed by atoms with Crippen molar-refractivity contribution in [2.24, 2.45) is 0 Å². The summed E-state index contributed by atoms with van der Waals surface area (Å²) in [4.78, 5) is 0. The third-order valence-electron chi connectivity index (χ3n) is 7.47. The van der Waals surface area contributed by atoms with Crippen LogP contribution in [0, 0.1) is 59.2 Å². The molecular weight excluding hydrogens is 760 g/mol. The van der Waals surface area contributed by atoms with Crippen LogP contribution in [0.25, 0.3) is 0 Å². The van der Waals surface area contributed by atoms with Crippen LogP contribution in [0.1, 0.15) is 69.2 Å². The van der Waals surface area contributed by atoms with Gasteiger partial charge >= 0.3 is 53.5 Å². The Kier molecular flexibility index (Phi) is 23.8. The molecule has 0 heterocycles. The average molecular weight is 800 g/mol. The van der Waals surface area contributed by atoms with E-state index in [9.17, 15) is 34.5 Å². The molecule has 4 aliphatic carbocycles. The first kappa shape index (κ1) is 47.7. The molecule has 0 bridgehead atoms. The second-order valence-electron chi connectivity index (χ2n) is 10.0. The third-order valence-corrected chi connectivity index (χ3v) is 7.47. The Bertz CT molecular complexity index is 778. The summed E-state index contributed by atoms with van der Waals surface area (Å²) < 4.78 is 78.0. The van der Waals surface area contributed by atoms with E-state index in [4.69, 9.17) is 0 Å². The first-order valence-corrected chi connectivity index (χ1v) is 13.3. The molecule has 0 amide bonds. The fourth-order valence-corrected chi connectivity index (χ4v) is 4.00. The molecule has 0 unspecified atom stereocenters. The van der Waals surface area contributed by atoms with Crippen LogP contribution in [0.2, 0.25) is 0 Å². The number of hydrogen-bond donors (Lipinski definition) is 0. The van der Waals surface area contributed by atoms with Crippen LogP contribution in [-0.4, -0.2) is 14.5 Å². The molecule has 0 N–H and O–H groups in total. The SMILES string of the molecule is C1=CC(=CC=C2C=CC=C2)C=C1.C[C]1[C](C)[C](C)[C](C)[C]1C.C[C]1[C](C)[C](C)[C](C)[C]1C.F[B-](F)(F)F.F[B-](F)(F)F.[Ru+2].[Ru+2]. The predicted molar refractivity (Wildman–Crippen MR) is 162 cm³/mol. The van der Waals surface area contributed by atoms with Gasteiger partial charge in [-0.15, -0.1) is 0 Å². The van der Waals surface area contributed by atoms with Gasteiger partial charge in [-0.1, -0.05) is 130 Å². The van der Waals surface area contributed by atoms with E-state index in [0.29, 0.717) is 0 Å². The van der Waals surface area contributed by atoms with E-state index in [0.717, 1.165) is 0 Å². The summed E-state index contributed by atoms with van der Waals surface area (Å²) in [6.07, 6.45) is 20.8. The molecule has 12 heteroatoms. The average Bonchev–Trinajstić information content (AvgIpc) is 3.65. The summed E-state index contributed by atoms with van der Waals surface area (Å²) in [6, 6.07) is 0. The van der Waals surface area contributed by atoms with E-state index in [1.807, 2.05) is 24.3 Å². The van der Waals surface area contributed by atoms with Crippen molar-refractivity contribution in [3.05, 3.63) is 131 Å². The molecule has 4 aliphatic rings. The monoisotopic (exact) mass is 802 g/mol. The zero-order chi connectivity index (χ0) is 33.0. The number of rotatable bonds is 1. The molecule has 0 saturated heterocycles. The maximum absolute atomic E-state index is 9.75. The maximum Gasteiger partial charge on any atom is 2.00 e. The summed E-state index contributed by atoms with van der Waals surface area (Å²) in [5.41, 5.74) is 2.52. The van der Waals surface area contributed by atoms with Crippen molar-refractivity contribution in [1.82, 2.24) is 0 Å². The number of hydrogen-bond acceptors (Lipinski definition) is 0. The van der Waals surface area contributed by atoms with Crippen LogP contribution in [0.15, 0.2) is 71.9 Å². The Morgan fingerprint density at radius 3 is 0.568 bits per heavy atom. The van der Waals surface area contributed by atoms with Gasteiger partial charge in [0.05, 0.1) is 0 Å². The fourth-order valence-electron chi connectivity index (χ4n) is 4.00. The molecule has 0 aromatic carbocycles. The first-order valence-electron chi connectivity index (χ1n) is 13.3. The van der Waals surface area contributed by atoms with Gasteiger partial charge in [-0.3, -0.25) is 0 Å². The predicted octanol–water partition coefficient (Wildman–Crippen LogP) is 11.6. The van der Waals surface area contributed by atoms with Gasteiger partial charge in [-0.25, -0.2) is 0 Å². The minimum atomic E-state index is -6.00. The molecule has 0 spiro atoms. The summed E-state index contributed by atoms with van der Waals surface area (Å²) in [6.45, 7) is 22.0. The Labute approximate surface area is 287 Å². The van der Waals surface area contributed by atoms with Gasteiger partial charge in [-0.05, 0) is 70.3 Å². The van der Waals surface area contributed by atoms with E-state index < -0.39 is 14.5 Å². The van der Waals surface area contributed by atoms with Gasteiger partial charge < -0.3 is 34.5 Å². The van der Waals surface area contributed by atoms with Gasteiger partial charge in [0.25, 0.3) is 0 Å². The maximum atomic E-state index is 9.75. The standard InChI is InChI=1S/C12H10.2C10H15.2BF4.2Ru/c1-2-6-11(5-1)9-10-12-7-3-4-8-12;2*1-6-7(2)9(4)10(5)8(6)3;2*2-1(3,4)5;;/h1-10H;2*1-5H3;;;;/q;;;2*-1;2*+2. The molecule has 0 aliphatic heterocycles. The van der Waals surface area contributed by atoms with Gasteiger partial charge in [0.1, 0.15) is 0 Å². The zero-order valence-corrected chi connectivity index (χ0v) is 30.1. The second kappa shape index (κ2) is 21.9. The van der Waals surface area contributed by atoms with E-state index in [1.54, 1.807) is 0 Å². The molecule has 10 radical (unpaired) electrons. The summed E-state index contributed by atoms with van der Waals surface area (Å²) in [5, 5.41) is 0. The molecule has 244 valence electrons. The first-order chi connectivity index (χ1) is 19.1. The van der Waals surface area contributed by atoms with Crippen LogP contribution < -0.4 is 0 Å². The minimum Gasteiger partial charge on any atom is -0.418 e. The van der Waals surface area contributed by atoms with Gasteiger partial charge in [-0.2, -0.15) is 0 Å². The largest absolute Gasteiger partial charge is 2.00 e. The molecule has 4 rings (SSSR count).